The molecule has 0 aliphatic heterocycles. The third kappa shape index (κ3) is 6.23. The third-order valence-electron chi connectivity index (χ3n) is 4.31. The lowest BCUT2D eigenvalue weighted by Gasteiger charge is -2.10. The summed E-state index contributed by atoms with van der Waals surface area (Å²) in [6, 6.07) is 15.4. The van der Waals surface area contributed by atoms with Crippen LogP contribution in [0.4, 0.5) is 4.79 Å². The van der Waals surface area contributed by atoms with Crippen molar-refractivity contribution in [2.24, 2.45) is 0 Å². The van der Waals surface area contributed by atoms with Crippen molar-refractivity contribution in [3.05, 3.63) is 72.3 Å². The lowest BCUT2D eigenvalue weighted by Crippen LogP contribution is -2.40. The first-order valence-electron chi connectivity index (χ1n) is 9.66. The summed E-state index contributed by atoms with van der Waals surface area (Å²) in [6.07, 6.45) is 1.53. The van der Waals surface area contributed by atoms with E-state index in [2.05, 4.69) is 32.4 Å². The van der Waals surface area contributed by atoms with Crippen LogP contribution in [0.1, 0.15) is 11.1 Å². The highest BCUT2D eigenvalue weighted by molar-refractivity contribution is 7.99. The standard InChI is InChI=1S/C23H23N5O2S/c1-4-13-24-22(30)25-19(29)14-31-23-26-20(17-9-5-15(2)6-10-17)21(27-28-23)18-11-7-16(3)8-12-18/h4-12H,1,13-14H2,2-3H3,(H2,24,25,29,30). The molecule has 3 aromatic rings. The second-order valence-corrected chi connectivity index (χ2v) is 7.80. The highest BCUT2D eigenvalue weighted by Crippen LogP contribution is 2.30. The largest absolute Gasteiger partial charge is 0.334 e. The minimum Gasteiger partial charge on any atom is -0.334 e. The fourth-order valence-corrected chi connectivity index (χ4v) is 3.28. The molecule has 31 heavy (non-hydrogen) atoms. The van der Waals surface area contributed by atoms with Gasteiger partial charge in [0.25, 0.3) is 0 Å². The molecule has 0 bridgehead atoms. The molecule has 0 saturated carbocycles. The van der Waals surface area contributed by atoms with E-state index >= 15 is 0 Å². The molecular formula is C23H23N5O2S. The van der Waals surface area contributed by atoms with E-state index in [0.29, 0.717) is 16.5 Å². The van der Waals surface area contributed by atoms with Crippen LogP contribution in [0.3, 0.4) is 0 Å². The quantitative estimate of drug-likeness (QED) is 0.433. The molecule has 0 spiro atoms. The van der Waals surface area contributed by atoms with E-state index < -0.39 is 11.9 Å². The van der Waals surface area contributed by atoms with Gasteiger partial charge in [-0.15, -0.1) is 16.8 Å². The van der Waals surface area contributed by atoms with Crippen molar-refractivity contribution in [2.45, 2.75) is 19.0 Å². The normalized spacial score (nSPS) is 10.4. The van der Waals surface area contributed by atoms with Gasteiger partial charge in [-0.3, -0.25) is 10.1 Å². The molecule has 158 valence electrons. The molecule has 0 atom stereocenters. The Morgan fingerprint density at radius 3 is 2.10 bits per heavy atom. The van der Waals surface area contributed by atoms with E-state index in [0.717, 1.165) is 34.0 Å². The lowest BCUT2D eigenvalue weighted by molar-refractivity contribution is -0.117. The van der Waals surface area contributed by atoms with Crippen LogP contribution < -0.4 is 10.6 Å². The van der Waals surface area contributed by atoms with Gasteiger partial charge in [-0.2, -0.15) is 0 Å². The summed E-state index contributed by atoms with van der Waals surface area (Å²) < 4.78 is 0. The van der Waals surface area contributed by atoms with Gasteiger partial charge in [-0.25, -0.2) is 9.78 Å². The average molecular weight is 434 g/mol. The van der Waals surface area contributed by atoms with E-state index in [1.54, 1.807) is 0 Å². The van der Waals surface area contributed by atoms with E-state index in [1.807, 2.05) is 62.4 Å². The summed E-state index contributed by atoms with van der Waals surface area (Å²) in [7, 11) is 0. The number of hydrogen-bond donors (Lipinski definition) is 2. The Bertz CT molecular complexity index is 1080. The number of urea groups is 1. The van der Waals surface area contributed by atoms with E-state index in [4.69, 9.17) is 0 Å². The number of nitrogens with one attached hydrogen (secondary N) is 2. The minimum absolute atomic E-state index is 0.0135. The second-order valence-electron chi connectivity index (χ2n) is 6.86. The number of hydrogen-bond acceptors (Lipinski definition) is 6. The lowest BCUT2D eigenvalue weighted by atomic mass is 10.0. The van der Waals surface area contributed by atoms with Crippen LogP contribution >= 0.6 is 11.8 Å². The van der Waals surface area contributed by atoms with Crippen molar-refractivity contribution in [1.29, 1.82) is 0 Å². The molecule has 8 heteroatoms. The summed E-state index contributed by atoms with van der Waals surface area (Å²) in [5.41, 5.74) is 5.47. The van der Waals surface area contributed by atoms with Crippen LogP contribution in [-0.4, -0.2) is 39.4 Å². The van der Waals surface area contributed by atoms with E-state index in [9.17, 15) is 9.59 Å². The van der Waals surface area contributed by atoms with Crippen LogP contribution in [0, 0.1) is 13.8 Å². The Labute approximate surface area is 185 Å². The Balaban J connectivity index is 1.83. The van der Waals surface area contributed by atoms with Gasteiger partial charge < -0.3 is 5.32 Å². The predicted molar refractivity (Wildman–Crippen MR) is 123 cm³/mol. The predicted octanol–water partition coefficient (Wildman–Crippen LogP) is 3.93. The zero-order chi connectivity index (χ0) is 22.2. The first-order chi connectivity index (χ1) is 15.0. The molecule has 0 radical (unpaired) electrons. The van der Waals surface area contributed by atoms with Gasteiger partial charge in [-0.1, -0.05) is 77.5 Å². The smallest absolute Gasteiger partial charge is 0.321 e. The monoisotopic (exact) mass is 433 g/mol. The van der Waals surface area contributed by atoms with Crippen LogP contribution in [0.15, 0.2) is 66.3 Å². The number of thioether (sulfide) groups is 1. The zero-order valence-corrected chi connectivity index (χ0v) is 18.2. The van der Waals surface area contributed by atoms with Crippen LogP contribution in [0.2, 0.25) is 0 Å². The van der Waals surface area contributed by atoms with Crippen molar-refractivity contribution in [1.82, 2.24) is 25.8 Å². The zero-order valence-electron chi connectivity index (χ0n) is 17.4. The first-order valence-corrected chi connectivity index (χ1v) is 10.6. The molecular weight excluding hydrogens is 410 g/mol. The van der Waals surface area contributed by atoms with Gasteiger partial charge in [0.05, 0.1) is 5.75 Å². The van der Waals surface area contributed by atoms with Gasteiger partial charge in [0, 0.05) is 17.7 Å². The van der Waals surface area contributed by atoms with Gasteiger partial charge in [0.15, 0.2) is 0 Å². The first kappa shape index (κ1) is 22.2. The number of aryl methyl sites for hydroxylation is 2. The molecule has 3 rings (SSSR count). The van der Waals surface area contributed by atoms with Crippen molar-refractivity contribution in [3.63, 3.8) is 0 Å². The molecule has 0 aliphatic rings. The Kier molecular flexibility index (Phi) is 7.50. The minimum atomic E-state index is -0.570. The number of carbonyl (C=O) groups excluding carboxylic acids is 2. The summed E-state index contributed by atoms with van der Waals surface area (Å²) in [5.74, 6) is -0.463. The summed E-state index contributed by atoms with van der Waals surface area (Å²) in [5, 5.41) is 13.7. The molecule has 0 fully saturated rings. The summed E-state index contributed by atoms with van der Waals surface area (Å²) >= 11 is 1.12. The SMILES string of the molecule is C=CCNC(=O)NC(=O)CSc1nnc(-c2ccc(C)cc2)c(-c2ccc(C)cc2)n1. The van der Waals surface area contributed by atoms with Gasteiger partial charge in [0.1, 0.15) is 11.4 Å². The number of rotatable bonds is 7. The van der Waals surface area contributed by atoms with Crippen molar-refractivity contribution in [3.8, 4) is 22.5 Å². The fourth-order valence-electron chi connectivity index (χ4n) is 2.69. The summed E-state index contributed by atoms with van der Waals surface area (Å²) in [6.45, 7) is 7.83. The molecule has 7 nitrogen and oxygen atoms in total. The Morgan fingerprint density at radius 2 is 1.52 bits per heavy atom. The number of nitrogens with zero attached hydrogens (tertiary/aromatic N) is 3. The van der Waals surface area contributed by atoms with Crippen molar-refractivity contribution in [2.75, 3.05) is 12.3 Å². The number of benzene rings is 2. The van der Waals surface area contributed by atoms with Crippen LogP contribution in [-0.2, 0) is 4.79 Å². The number of imide groups is 1. The van der Waals surface area contributed by atoms with Crippen LogP contribution in [0.5, 0.6) is 0 Å². The van der Waals surface area contributed by atoms with E-state index in [-0.39, 0.29) is 12.3 Å². The topological polar surface area (TPSA) is 96.9 Å². The van der Waals surface area contributed by atoms with Gasteiger partial charge >= 0.3 is 6.03 Å². The number of amides is 3. The maximum Gasteiger partial charge on any atom is 0.321 e. The second kappa shape index (κ2) is 10.5. The molecule has 1 aromatic heterocycles. The Hall–Kier alpha value is -3.52. The molecule has 2 aromatic carbocycles. The fraction of sp³-hybridized carbons (Fsp3) is 0.174. The van der Waals surface area contributed by atoms with Crippen LogP contribution in [0.25, 0.3) is 22.5 Å². The molecule has 0 aliphatic carbocycles. The van der Waals surface area contributed by atoms with Crippen molar-refractivity contribution < 1.29 is 9.59 Å². The molecule has 3 amide bonds. The van der Waals surface area contributed by atoms with Crippen molar-refractivity contribution >= 4 is 23.7 Å². The van der Waals surface area contributed by atoms with E-state index in [1.165, 1.54) is 6.08 Å². The molecule has 0 saturated heterocycles. The van der Waals surface area contributed by atoms with Gasteiger partial charge in [0.2, 0.25) is 11.1 Å². The third-order valence-corrected chi connectivity index (χ3v) is 5.15. The number of carbonyl (C=O) groups is 2. The number of aromatic nitrogens is 3. The van der Waals surface area contributed by atoms with Gasteiger partial charge in [-0.05, 0) is 13.8 Å². The maximum atomic E-state index is 12.0. The maximum absolute atomic E-state index is 12.0. The highest BCUT2D eigenvalue weighted by Gasteiger charge is 2.15. The highest BCUT2D eigenvalue weighted by atomic mass is 32.2. The summed E-state index contributed by atoms with van der Waals surface area (Å²) in [4.78, 5) is 28.2. The molecule has 2 N–H and O–H groups in total. The average Bonchev–Trinajstić information content (AvgIpc) is 2.77. The molecule has 0 unspecified atom stereocenters. The Morgan fingerprint density at radius 1 is 0.935 bits per heavy atom. The molecule has 1 heterocycles.